The largest absolute Gasteiger partial charge is 0.424 e. The van der Waals surface area contributed by atoms with E-state index in [1.807, 2.05) is 6.92 Å². The minimum atomic E-state index is -3.73. The summed E-state index contributed by atoms with van der Waals surface area (Å²) in [6, 6.07) is 5.41. The maximum absolute atomic E-state index is 15.5. The Bertz CT molecular complexity index is 724. The van der Waals surface area contributed by atoms with Gasteiger partial charge in [-0.3, -0.25) is 0 Å². The highest BCUT2D eigenvalue weighted by Gasteiger charge is 2.70. The first-order valence-electron chi connectivity index (χ1n) is 9.80. The van der Waals surface area contributed by atoms with Crippen LogP contribution < -0.4 is 4.74 Å². The number of ether oxygens (including phenoxy) is 1. The Balaban J connectivity index is 1.77. The van der Waals surface area contributed by atoms with Gasteiger partial charge in [0.05, 0.1) is 6.42 Å². The molecule has 0 aliphatic heterocycles. The number of alkyl halides is 5. The number of halogens is 5. The number of esters is 1. The third kappa shape index (κ3) is 4.01. The van der Waals surface area contributed by atoms with Crippen LogP contribution in [0.1, 0.15) is 39.0 Å². The highest BCUT2D eigenvalue weighted by Crippen LogP contribution is 2.52. The maximum Gasteiger partial charge on any atom is 0.352 e. The standard InChI is InChI=1S/C21H24F5O2S/c1-2-12-3-5-13(6-4-12)21(26)16(22)11-20(25,17(23)18(21)24)19(27)28-14-7-9-15(29)10-8-14/h7-13,16-18,29H,2-6H2,1H3/t12-,13-,16?,17?,18?,20?,21?. The predicted octanol–water partition coefficient (Wildman–Crippen LogP) is 5.75. The minimum Gasteiger partial charge on any atom is -0.424 e. The summed E-state index contributed by atoms with van der Waals surface area (Å²) in [5.41, 5.74) is -6.93. The zero-order chi connectivity index (χ0) is 21.4. The molecule has 29 heavy (non-hydrogen) atoms. The average Bonchev–Trinajstić information content (AvgIpc) is 2.72. The van der Waals surface area contributed by atoms with Crippen molar-refractivity contribution in [2.45, 2.75) is 73.8 Å². The van der Waals surface area contributed by atoms with Crippen molar-refractivity contribution in [3.8, 4) is 5.75 Å². The lowest BCUT2D eigenvalue weighted by Crippen LogP contribution is -2.68. The molecule has 0 amide bonds. The number of carbonyl (C=O) groups excluding carboxylic acids is 1. The van der Waals surface area contributed by atoms with Crippen molar-refractivity contribution in [1.82, 2.24) is 0 Å². The smallest absolute Gasteiger partial charge is 0.352 e. The first-order chi connectivity index (χ1) is 13.6. The topological polar surface area (TPSA) is 26.3 Å². The molecule has 2 saturated carbocycles. The van der Waals surface area contributed by atoms with E-state index in [0.717, 1.165) is 6.42 Å². The summed E-state index contributed by atoms with van der Waals surface area (Å²) < 4.78 is 79.6. The van der Waals surface area contributed by atoms with E-state index in [4.69, 9.17) is 4.74 Å². The van der Waals surface area contributed by atoms with Gasteiger partial charge in [-0.05, 0) is 48.9 Å². The van der Waals surface area contributed by atoms with Crippen molar-refractivity contribution in [2.75, 3.05) is 0 Å². The summed E-state index contributed by atoms with van der Waals surface area (Å²) in [7, 11) is 0. The van der Waals surface area contributed by atoms with E-state index in [2.05, 4.69) is 12.6 Å². The van der Waals surface area contributed by atoms with E-state index in [-0.39, 0.29) is 25.0 Å². The molecule has 0 N–H and O–H groups in total. The second kappa shape index (κ2) is 8.44. The van der Waals surface area contributed by atoms with Crippen LogP contribution in [0.2, 0.25) is 0 Å². The summed E-state index contributed by atoms with van der Waals surface area (Å²) in [5.74, 6) is -2.71. The summed E-state index contributed by atoms with van der Waals surface area (Å²) >= 11 is 4.04. The van der Waals surface area contributed by atoms with Crippen LogP contribution in [0.4, 0.5) is 22.0 Å². The average molecular weight is 435 g/mol. The van der Waals surface area contributed by atoms with Crippen LogP contribution in [0.25, 0.3) is 0 Å². The number of benzene rings is 1. The molecule has 5 atom stereocenters. The van der Waals surface area contributed by atoms with Gasteiger partial charge in [0.25, 0.3) is 0 Å². The van der Waals surface area contributed by atoms with E-state index in [9.17, 15) is 18.0 Å². The number of hydrogen-bond acceptors (Lipinski definition) is 3. The van der Waals surface area contributed by atoms with Gasteiger partial charge in [0.15, 0.2) is 18.0 Å². The minimum absolute atomic E-state index is 0.00499. The lowest BCUT2D eigenvalue weighted by atomic mass is 9.64. The SMILES string of the molecule is CC[C@H]1CC[C@H](C2(F)C(F)[CH]C(F)(C(=O)Oc3ccc(S)cc3)C(F)C2F)CC1. The van der Waals surface area contributed by atoms with Gasteiger partial charge in [-0.2, -0.15) is 0 Å². The Morgan fingerprint density at radius 1 is 1.07 bits per heavy atom. The molecule has 0 saturated heterocycles. The Kier molecular flexibility index (Phi) is 6.51. The molecule has 0 heterocycles. The molecule has 2 nitrogen and oxygen atoms in total. The van der Waals surface area contributed by atoms with E-state index in [1.165, 1.54) is 24.3 Å². The van der Waals surface area contributed by atoms with E-state index in [1.54, 1.807) is 0 Å². The van der Waals surface area contributed by atoms with Crippen molar-refractivity contribution in [2.24, 2.45) is 11.8 Å². The van der Waals surface area contributed by atoms with Crippen molar-refractivity contribution in [3.05, 3.63) is 30.7 Å². The molecule has 1 radical (unpaired) electrons. The van der Waals surface area contributed by atoms with Crippen molar-refractivity contribution < 1.29 is 31.5 Å². The summed E-state index contributed by atoms with van der Waals surface area (Å²) in [5, 5.41) is 0. The fourth-order valence-electron chi connectivity index (χ4n) is 4.37. The molecule has 3 rings (SSSR count). The van der Waals surface area contributed by atoms with Gasteiger partial charge in [0.2, 0.25) is 5.67 Å². The van der Waals surface area contributed by atoms with Gasteiger partial charge in [0, 0.05) is 4.90 Å². The monoisotopic (exact) mass is 435 g/mol. The lowest BCUT2D eigenvalue weighted by Gasteiger charge is -2.48. The summed E-state index contributed by atoms with van der Waals surface area (Å²) in [6.07, 6.45) is -6.70. The molecular formula is C21H24F5O2S. The van der Waals surface area contributed by atoms with E-state index in [0.29, 0.717) is 23.7 Å². The molecule has 5 unspecified atom stereocenters. The third-order valence-electron chi connectivity index (χ3n) is 6.30. The second-order valence-electron chi connectivity index (χ2n) is 7.98. The van der Waals surface area contributed by atoms with Gasteiger partial charge in [0.1, 0.15) is 11.9 Å². The Morgan fingerprint density at radius 3 is 2.21 bits per heavy atom. The quantitative estimate of drug-likeness (QED) is 0.282. The van der Waals surface area contributed by atoms with Crippen LogP contribution >= 0.6 is 12.6 Å². The fraction of sp³-hybridized carbons (Fsp3) is 0.619. The lowest BCUT2D eigenvalue weighted by molar-refractivity contribution is -0.177. The molecule has 0 bridgehead atoms. The zero-order valence-corrected chi connectivity index (χ0v) is 16.9. The Morgan fingerprint density at radius 2 is 1.66 bits per heavy atom. The number of thiol groups is 1. The van der Waals surface area contributed by atoms with Crippen LogP contribution in [0.3, 0.4) is 0 Å². The highest BCUT2D eigenvalue weighted by atomic mass is 32.1. The molecular weight excluding hydrogens is 411 g/mol. The molecule has 8 heteroatoms. The number of carbonyl (C=O) groups is 1. The van der Waals surface area contributed by atoms with Gasteiger partial charge >= 0.3 is 5.97 Å². The molecule has 0 aromatic heterocycles. The molecule has 2 aliphatic carbocycles. The molecule has 2 fully saturated rings. The first-order valence-corrected chi connectivity index (χ1v) is 10.2. The summed E-state index contributed by atoms with van der Waals surface area (Å²) in [6.45, 7) is 1.98. The Labute approximate surface area is 172 Å². The van der Waals surface area contributed by atoms with Gasteiger partial charge in [-0.1, -0.05) is 26.2 Å². The third-order valence-corrected chi connectivity index (χ3v) is 6.60. The van der Waals surface area contributed by atoms with Crippen LogP contribution in [-0.4, -0.2) is 35.8 Å². The molecule has 1 aromatic carbocycles. The molecule has 0 spiro atoms. The van der Waals surface area contributed by atoms with Crippen molar-refractivity contribution >= 4 is 18.6 Å². The fourth-order valence-corrected chi connectivity index (χ4v) is 4.51. The van der Waals surface area contributed by atoms with E-state index < -0.39 is 41.7 Å². The predicted molar refractivity (Wildman–Crippen MR) is 102 cm³/mol. The van der Waals surface area contributed by atoms with Gasteiger partial charge in [-0.15, -0.1) is 12.6 Å². The van der Waals surface area contributed by atoms with Crippen molar-refractivity contribution in [3.63, 3.8) is 0 Å². The van der Waals surface area contributed by atoms with Crippen LogP contribution in [0, 0.1) is 18.3 Å². The molecule has 1 aromatic rings. The molecule has 2 aliphatic rings. The number of rotatable bonds is 4. The van der Waals surface area contributed by atoms with Crippen LogP contribution in [0.15, 0.2) is 29.2 Å². The van der Waals surface area contributed by atoms with E-state index >= 15 is 8.78 Å². The maximum atomic E-state index is 15.5. The van der Waals surface area contributed by atoms with Gasteiger partial charge < -0.3 is 4.74 Å². The zero-order valence-electron chi connectivity index (χ0n) is 16.0. The molecule has 161 valence electrons. The number of hydrogen-bond donors (Lipinski definition) is 1. The Hall–Kier alpha value is -1.31. The van der Waals surface area contributed by atoms with Crippen LogP contribution in [0.5, 0.6) is 5.75 Å². The van der Waals surface area contributed by atoms with Crippen LogP contribution in [-0.2, 0) is 4.79 Å². The first kappa shape index (κ1) is 22.4. The van der Waals surface area contributed by atoms with Crippen molar-refractivity contribution in [1.29, 1.82) is 0 Å². The normalized spacial score (nSPS) is 40.4. The highest BCUT2D eigenvalue weighted by molar-refractivity contribution is 7.80. The summed E-state index contributed by atoms with van der Waals surface area (Å²) in [4.78, 5) is 12.7. The van der Waals surface area contributed by atoms with Gasteiger partial charge in [-0.25, -0.2) is 26.7 Å². The second-order valence-corrected chi connectivity index (χ2v) is 8.49.